The summed E-state index contributed by atoms with van der Waals surface area (Å²) in [6.07, 6.45) is 0. The normalized spacial score (nSPS) is 16.8. The molecule has 0 aromatic heterocycles. The van der Waals surface area contributed by atoms with E-state index in [1.54, 1.807) is 0 Å². The summed E-state index contributed by atoms with van der Waals surface area (Å²) in [6.45, 7) is -1.35. The molecule has 1 saturated heterocycles. The highest BCUT2D eigenvalue weighted by atomic mass is 16.6. The Morgan fingerprint density at radius 3 is 0.507 bits per heavy atom. The monoisotopic (exact) mass is 987 g/mol. The fourth-order valence-corrected chi connectivity index (χ4v) is 10.5. The summed E-state index contributed by atoms with van der Waals surface area (Å²) < 4.78 is 19.1. The van der Waals surface area contributed by atoms with Crippen LogP contribution in [0, 0.1) is 0 Å². The molecule has 1 heterocycles. The van der Waals surface area contributed by atoms with Gasteiger partial charge < -0.3 is 14.2 Å². The predicted octanol–water partition coefficient (Wildman–Crippen LogP) is 10.5. The molecule has 9 aromatic rings. The molecule has 9 aromatic carbocycles. The van der Waals surface area contributed by atoms with Crippen LogP contribution in [0.15, 0.2) is 273 Å². The van der Waals surface area contributed by atoms with Crippen molar-refractivity contribution in [3.8, 4) is 0 Å². The molecule has 3 N–H and O–H groups in total. The number of ether oxygens (including phenoxy) is 3. The van der Waals surface area contributed by atoms with Gasteiger partial charge in [0, 0.05) is 0 Å². The van der Waals surface area contributed by atoms with E-state index in [4.69, 9.17) is 14.2 Å². The van der Waals surface area contributed by atoms with Crippen LogP contribution in [0.5, 0.6) is 0 Å². The Balaban J connectivity index is 1.13. The second-order valence-corrected chi connectivity index (χ2v) is 18.5. The Morgan fingerprint density at radius 2 is 0.373 bits per heavy atom. The van der Waals surface area contributed by atoms with Gasteiger partial charge >= 0.3 is 17.9 Å². The van der Waals surface area contributed by atoms with Crippen LogP contribution in [0.4, 0.5) is 0 Å². The van der Waals surface area contributed by atoms with Gasteiger partial charge in [0.25, 0.3) is 0 Å². The quantitative estimate of drug-likeness (QED) is 0.0525. The molecule has 9 nitrogen and oxygen atoms in total. The van der Waals surface area contributed by atoms with Gasteiger partial charge in [-0.2, -0.15) is 0 Å². The minimum Gasteiger partial charge on any atom is -0.462 e. The van der Waals surface area contributed by atoms with Crippen molar-refractivity contribution in [3.63, 3.8) is 0 Å². The van der Waals surface area contributed by atoms with E-state index in [0.29, 0.717) is 0 Å². The second kappa shape index (κ2) is 23.0. The van der Waals surface area contributed by atoms with Gasteiger partial charge in [0.1, 0.15) is 37.9 Å². The molecule has 0 unspecified atom stereocenters. The smallest absolute Gasteiger partial charge is 0.326 e. The Morgan fingerprint density at radius 1 is 0.240 bits per heavy atom. The van der Waals surface area contributed by atoms with Crippen molar-refractivity contribution >= 4 is 17.9 Å². The van der Waals surface area contributed by atoms with E-state index < -0.39 is 72.5 Å². The third kappa shape index (κ3) is 10.3. The van der Waals surface area contributed by atoms with E-state index in [1.165, 1.54) is 0 Å². The first kappa shape index (κ1) is 49.8. The first-order chi connectivity index (χ1) is 36.9. The zero-order valence-electron chi connectivity index (χ0n) is 41.3. The summed E-state index contributed by atoms with van der Waals surface area (Å²) in [5, 5.41) is 11.2. The summed E-state index contributed by atoms with van der Waals surface area (Å²) in [7, 11) is 0. The fourth-order valence-electron chi connectivity index (χ4n) is 10.5. The van der Waals surface area contributed by atoms with Crippen molar-refractivity contribution in [1.82, 2.24) is 16.0 Å². The molecule has 10 rings (SSSR count). The number of carbonyl (C=O) groups excluding carboxylic acids is 3. The van der Waals surface area contributed by atoms with Gasteiger partial charge in [-0.05, 0) is 50.1 Å². The predicted molar refractivity (Wildman–Crippen MR) is 291 cm³/mol. The van der Waals surface area contributed by atoms with Crippen molar-refractivity contribution in [1.29, 1.82) is 0 Å². The van der Waals surface area contributed by atoms with Gasteiger partial charge in [-0.3, -0.25) is 30.3 Å². The fraction of sp³-hybridized carbons (Fsp3) is 0.136. The number of carbonyl (C=O) groups is 3. The van der Waals surface area contributed by atoms with Crippen molar-refractivity contribution < 1.29 is 28.6 Å². The lowest BCUT2D eigenvalue weighted by atomic mass is 9.76. The molecule has 3 atom stereocenters. The highest BCUT2D eigenvalue weighted by Gasteiger charge is 2.46. The van der Waals surface area contributed by atoms with E-state index in [0.717, 1.165) is 50.1 Å². The first-order valence-corrected chi connectivity index (χ1v) is 25.2. The molecular formula is C66H57N3O6. The maximum Gasteiger partial charge on any atom is 0.326 e. The standard InChI is InChI=1S/C66H57N3O6/c70-61-58(67-64(49-28-10-1-11-29-49,50-30-12-2-13-31-50)51-32-14-3-15-33-51)46-73-62(71)60(69-66(55-40-22-7-23-41-55,56-42-24-8-25-43-56)57-44-26-9-27-45-57)48-75-63(72)59(47-74-61)68-65(52-34-16-4-17-35-52,53-36-18-5-19-37-53)54-38-20-6-21-39-54/h1-45,58-60,67-69H,46-48H2/t58-,59-,60-/m1/s1. The first-order valence-electron chi connectivity index (χ1n) is 25.2. The second-order valence-electron chi connectivity index (χ2n) is 18.5. The van der Waals surface area contributed by atoms with Gasteiger partial charge in [0.05, 0.1) is 16.6 Å². The number of rotatable bonds is 15. The molecule has 0 saturated carbocycles. The van der Waals surface area contributed by atoms with Gasteiger partial charge in [-0.1, -0.05) is 273 Å². The maximum atomic E-state index is 15.3. The minimum atomic E-state index is -1.30. The summed E-state index contributed by atoms with van der Waals surface area (Å²) in [4.78, 5) is 46.0. The summed E-state index contributed by atoms with van der Waals surface area (Å²) >= 11 is 0. The molecule has 0 amide bonds. The SMILES string of the molecule is O=C1OC[C@@H](NC(c2ccccc2)(c2ccccc2)c2ccccc2)C(=O)OC[C@@H](NC(c2ccccc2)(c2ccccc2)c2ccccc2)C(=O)OC[C@H]1NC(c1ccccc1)(c1ccccc1)c1ccccc1. The highest BCUT2D eigenvalue weighted by Crippen LogP contribution is 2.41. The lowest BCUT2D eigenvalue weighted by Crippen LogP contribution is -2.59. The average Bonchev–Trinajstić information content (AvgIpc) is 3.49. The molecule has 372 valence electrons. The van der Waals surface area contributed by atoms with Gasteiger partial charge in [0.15, 0.2) is 0 Å². The van der Waals surface area contributed by atoms with Gasteiger partial charge in [-0.25, -0.2) is 0 Å². The lowest BCUT2D eigenvalue weighted by molar-refractivity contribution is -0.162. The summed E-state index contributed by atoms with van der Waals surface area (Å²) in [5.41, 5.74) is 3.88. The minimum absolute atomic E-state index is 0.451. The third-order valence-electron chi connectivity index (χ3n) is 14.1. The zero-order valence-corrected chi connectivity index (χ0v) is 41.3. The van der Waals surface area contributed by atoms with Crippen LogP contribution in [0.2, 0.25) is 0 Å². The number of cyclic esters (lactones) is 3. The summed E-state index contributed by atoms with van der Waals surface area (Å²) in [5.74, 6) is -2.26. The van der Waals surface area contributed by atoms with Crippen molar-refractivity contribution in [2.24, 2.45) is 0 Å². The Labute approximate surface area is 438 Å². The molecule has 0 aliphatic carbocycles. The van der Waals surface area contributed by atoms with E-state index in [1.807, 2.05) is 273 Å². The van der Waals surface area contributed by atoms with E-state index in [9.17, 15) is 0 Å². The largest absolute Gasteiger partial charge is 0.462 e. The Kier molecular flexibility index (Phi) is 15.3. The Hall–Kier alpha value is -8.73. The van der Waals surface area contributed by atoms with Crippen molar-refractivity contribution in [3.05, 3.63) is 323 Å². The average molecular weight is 988 g/mol. The lowest BCUT2D eigenvalue weighted by Gasteiger charge is -2.41. The molecule has 9 heteroatoms. The van der Waals surface area contributed by atoms with Crippen LogP contribution in [0.25, 0.3) is 0 Å². The Bertz CT molecular complexity index is 2600. The number of nitrogens with one attached hydrogen (secondary N) is 3. The van der Waals surface area contributed by atoms with Crippen LogP contribution in [0.1, 0.15) is 50.1 Å². The van der Waals surface area contributed by atoms with Crippen molar-refractivity contribution in [2.75, 3.05) is 19.8 Å². The van der Waals surface area contributed by atoms with Crippen LogP contribution in [0.3, 0.4) is 0 Å². The number of hydrogen-bond acceptors (Lipinski definition) is 9. The number of esters is 3. The van der Waals surface area contributed by atoms with Crippen molar-refractivity contribution in [2.45, 2.75) is 34.7 Å². The van der Waals surface area contributed by atoms with E-state index >= 15 is 14.4 Å². The molecule has 1 aliphatic rings. The maximum absolute atomic E-state index is 15.3. The molecule has 0 spiro atoms. The van der Waals surface area contributed by atoms with Crippen LogP contribution in [-0.2, 0) is 45.2 Å². The molecular weight excluding hydrogens is 931 g/mol. The molecule has 75 heavy (non-hydrogen) atoms. The summed E-state index contributed by atoms with van der Waals surface area (Å²) in [6, 6.07) is 84.7. The van der Waals surface area contributed by atoms with Gasteiger partial charge in [-0.15, -0.1) is 0 Å². The highest BCUT2D eigenvalue weighted by molar-refractivity contribution is 5.82. The topological polar surface area (TPSA) is 115 Å². The molecule has 0 radical (unpaired) electrons. The number of hydrogen-bond donors (Lipinski definition) is 3. The third-order valence-corrected chi connectivity index (χ3v) is 14.1. The molecule has 1 fully saturated rings. The van der Waals surface area contributed by atoms with Crippen LogP contribution >= 0.6 is 0 Å². The van der Waals surface area contributed by atoms with Crippen LogP contribution < -0.4 is 16.0 Å². The van der Waals surface area contributed by atoms with Gasteiger partial charge in [0.2, 0.25) is 0 Å². The zero-order chi connectivity index (χ0) is 51.3. The van der Waals surface area contributed by atoms with Crippen LogP contribution in [-0.4, -0.2) is 55.9 Å². The van der Waals surface area contributed by atoms with E-state index in [-0.39, 0.29) is 0 Å². The molecule has 1 aliphatic heterocycles. The molecule has 0 bridgehead atoms. The number of benzene rings is 9. The van der Waals surface area contributed by atoms with E-state index in [2.05, 4.69) is 16.0 Å².